The van der Waals surface area contributed by atoms with Gasteiger partial charge in [-0.15, -0.1) is 0 Å². The van der Waals surface area contributed by atoms with Gasteiger partial charge in [-0.25, -0.2) is 4.98 Å². The minimum absolute atomic E-state index is 0.953. The molecule has 2 nitrogen and oxygen atoms in total. The number of nitrogens with zero attached hydrogens (tertiary/aromatic N) is 1. The highest BCUT2D eigenvalue weighted by Gasteiger charge is 1.95. The van der Waals surface area contributed by atoms with Gasteiger partial charge < -0.3 is 3.53 Å². The van der Waals surface area contributed by atoms with Gasteiger partial charge in [-0.05, 0) is 30.5 Å². The lowest BCUT2D eigenvalue weighted by Gasteiger charge is -2.02. The van der Waals surface area contributed by atoms with Crippen molar-refractivity contribution in [1.82, 2.24) is 4.98 Å². The SMILES string of the molecule is CCCCCc1ccnc(NI)c1. The van der Waals surface area contributed by atoms with Gasteiger partial charge in [-0.3, -0.25) is 0 Å². The van der Waals surface area contributed by atoms with E-state index in [2.05, 4.69) is 50.4 Å². The van der Waals surface area contributed by atoms with Crippen LogP contribution in [0.3, 0.4) is 0 Å². The van der Waals surface area contributed by atoms with E-state index >= 15 is 0 Å². The first kappa shape index (κ1) is 10.8. The number of halogens is 1. The van der Waals surface area contributed by atoms with Gasteiger partial charge in [-0.2, -0.15) is 0 Å². The van der Waals surface area contributed by atoms with Gasteiger partial charge in [0.25, 0.3) is 0 Å². The van der Waals surface area contributed by atoms with E-state index in [9.17, 15) is 0 Å². The van der Waals surface area contributed by atoms with Crippen LogP contribution >= 0.6 is 22.9 Å². The number of pyridine rings is 1. The minimum atomic E-state index is 0.953. The number of aromatic nitrogens is 1. The molecule has 1 heterocycles. The molecule has 1 rings (SSSR count). The van der Waals surface area contributed by atoms with Crippen molar-refractivity contribution in [3.05, 3.63) is 23.9 Å². The fourth-order valence-electron chi connectivity index (χ4n) is 1.26. The van der Waals surface area contributed by atoms with Gasteiger partial charge in [0.1, 0.15) is 5.82 Å². The lowest BCUT2D eigenvalue weighted by molar-refractivity contribution is 0.717. The molecular weight excluding hydrogens is 275 g/mol. The van der Waals surface area contributed by atoms with Crippen molar-refractivity contribution in [3.8, 4) is 0 Å². The molecule has 0 bridgehead atoms. The summed E-state index contributed by atoms with van der Waals surface area (Å²) in [5, 5.41) is 0. The van der Waals surface area contributed by atoms with Crippen LogP contribution in [0.15, 0.2) is 18.3 Å². The Kier molecular flexibility index (Phi) is 5.12. The molecule has 0 fully saturated rings. The van der Waals surface area contributed by atoms with Crippen LogP contribution < -0.4 is 3.53 Å². The van der Waals surface area contributed by atoms with E-state index in [1.165, 1.54) is 31.2 Å². The van der Waals surface area contributed by atoms with Crippen LogP contribution in [0.25, 0.3) is 0 Å². The number of nitrogens with one attached hydrogen (secondary N) is 1. The quantitative estimate of drug-likeness (QED) is 0.509. The third-order valence-electron chi connectivity index (χ3n) is 1.99. The Morgan fingerprint density at radius 2 is 2.31 bits per heavy atom. The van der Waals surface area contributed by atoms with Crippen molar-refractivity contribution in [1.29, 1.82) is 0 Å². The van der Waals surface area contributed by atoms with E-state index in [0.29, 0.717) is 0 Å². The van der Waals surface area contributed by atoms with Crippen LogP contribution in [-0.4, -0.2) is 4.98 Å². The number of unbranched alkanes of at least 4 members (excludes halogenated alkanes) is 2. The van der Waals surface area contributed by atoms with Gasteiger partial charge >= 0.3 is 0 Å². The molecule has 0 amide bonds. The Labute approximate surface area is 93.6 Å². The van der Waals surface area contributed by atoms with Crippen molar-refractivity contribution in [3.63, 3.8) is 0 Å². The van der Waals surface area contributed by atoms with Crippen molar-refractivity contribution < 1.29 is 0 Å². The number of hydrogen-bond acceptors (Lipinski definition) is 2. The van der Waals surface area contributed by atoms with Crippen LogP contribution in [0.2, 0.25) is 0 Å². The van der Waals surface area contributed by atoms with Crippen LogP contribution in [0.5, 0.6) is 0 Å². The van der Waals surface area contributed by atoms with Crippen molar-refractivity contribution in [2.24, 2.45) is 0 Å². The average molecular weight is 290 g/mol. The monoisotopic (exact) mass is 290 g/mol. The largest absolute Gasteiger partial charge is 0.313 e. The molecule has 3 heteroatoms. The summed E-state index contributed by atoms with van der Waals surface area (Å²) in [5.41, 5.74) is 1.38. The number of rotatable bonds is 5. The molecule has 0 saturated heterocycles. The Morgan fingerprint density at radius 1 is 1.46 bits per heavy atom. The highest BCUT2D eigenvalue weighted by Crippen LogP contribution is 2.11. The van der Waals surface area contributed by atoms with Gasteiger partial charge in [0.2, 0.25) is 0 Å². The standard InChI is InChI=1S/C10H15IN2/c1-2-3-4-5-9-6-7-12-10(8-9)13-11/h6-8H,2-5H2,1H3,(H,12,13). The lowest BCUT2D eigenvalue weighted by atomic mass is 10.1. The Bertz CT molecular complexity index is 250. The molecule has 1 aromatic rings. The predicted octanol–water partition coefficient (Wildman–Crippen LogP) is 3.58. The smallest absolute Gasteiger partial charge is 0.134 e. The second kappa shape index (κ2) is 6.18. The highest BCUT2D eigenvalue weighted by molar-refractivity contribution is 14.1. The lowest BCUT2D eigenvalue weighted by Crippen LogP contribution is -1.89. The summed E-state index contributed by atoms with van der Waals surface area (Å²) in [4.78, 5) is 4.17. The second-order valence-electron chi connectivity index (χ2n) is 3.10. The summed E-state index contributed by atoms with van der Waals surface area (Å²) in [7, 11) is 0. The molecule has 0 aromatic carbocycles. The summed E-state index contributed by atoms with van der Waals surface area (Å²) in [6.45, 7) is 2.23. The first-order valence-electron chi connectivity index (χ1n) is 4.68. The Hall–Kier alpha value is -0.320. The summed E-state index contributed by atoms with van der Waals surface area (Å²) >= 11 is 2.10. The Morgan fingerprint density at radius 3 is 3.00 bits per heavy atom. The molecule has 0 aliphatic heterocycles. The normalized spacial score (nSPS) is 10.0. The topological polar surface area (TPSA) is 24.9 Å². The van der Waals surface area contributed by atoms with Gasteiger partial charge in [0, 0.05) is 6.20 Å². The Balaban J connectivity index is 2.46. The van der Waals surface area contributed by atoms with Crippen molar-refractivity contribution >= 4 is 28.7 Å². The molecule has 0 aliphatic rings. The average Bonchev–Trinajstić information content (AvgIpc) is 2.19. The molecule has 13 heavy (non-hydrogen) atoms. The summed E-state index contributed by atoms with van der Waals surface area (Å²) in [5.74, 6) is 0.953. The molecule has 0 unspecified atom stereocenters. The molecule has 1 N–H and O–H groups in total. The number of anilines is 1. The fourth-order valence-corrected chi connectivity index (χ4v) is 1.56. The van der Waals surface area contributed by atoms with Gasteiger partial charge in [-0.1, -0.05) is 19.8 Å². The molecule has 0 spiro atoms. The summed E-state index contributed by atoms with van der Waals surface area (Å²) in [6.07, 6.45) is 6.91. The highest BCUT2D eigenvalue weighted by atomic mass is 127. The zero-order valence-corrected chi connectivity index (χ0v) is 10.0. The van der Waals surface area contributed by atoms with E-state index in [1.54, 1.807) is 0 Å². The maximum atomic E-state index is 4.17. The van der Waals surface area contributed by atoms with Crippen molar-refractivity contribution in [2.75, 3.05) is 3.53 Å². The molecule has 0 saturated carbocycles. The number of aryl methyl sites for hydroxylation is 1. The summed E-state index contributed by atoms with van der Waals surface area (Å²) < 4.78 is 3.02. The first-order valence-corrected chi connectivity index (χ1v) is 5.76. The molecule has 0 radical (unpaired) electrons. The third-order valence-corrected chi connectivity index (χ3v) is 2.54. The summed E-state index contributed by atoms with van der Waals surface area (Å²) in [6, 6.07) is 4.20. The first-order chi connectivity index (χ1) is 6.36. The minimum Gasteiger partial charge on any atom is -0.313 e. The van der Waals surface area contributed by atoms with Crippen LogP contribution in [-0.2, 0) is 6.42 Å². The van der Waals surface area contributed by atoms with E-state index in [0.717, 1.165) is 5.82 Å². The zero-order chi connectivity index (χ0) is 9.52. The molecule has 1 aromatic heterocycles. The second-order valence-corrected chi connectivity index (χ2v) is 3.64. The van der Waals surface area contributed by atoms with E-state index in [1.807, 2.05) is 6.20 Å². The van der Waals surface area contributed by atoms with Gasteiger partial charge in [0.15, 0.2) is 0 Å². The van der Waals surface area contributed by atoms with Crippen LogP contribution in [0.4, 0.5) is 5.82 Å². The predicted molar refractivity (Wildman–Crippen MR) is 65.1 cm³/mol. The fraction of sp³-hybridized carbons (Fsp3) is 0.500. The van der Waals surface area contributed by atoms with E-state index in [-0.39, 0.29) is 0 Å². The van der Waals surface area contributed by atoms with Gasteiger partial charge in [0.05, 0.1) is 22.9 Å². The molecular formula is C10H15IN2. The maximum absolute atomic E-state index is 4.17. The van der Waals surface area contributed by atoms with Crippen molar-refractivity contribution in [2.45, 2.75) is 32.6 Å². The maximum Gasteiger partial charge on any atom is 0.134 e. The molecule has 0 atom stereocenters. The third kappa shape index (κ3) is 3.93. The number of hydrogen-bond donors (Lipinski definition) is 1. The van der Waals surface area contributed by atoms with E-state index < -0.39 is 0 Å². The van der Waals surface area contributed by atoms with Crippen LogP contribution in [0.1, 0.15) is 31.7 Å². The molecule has 0 aliphatic carbocycles. The molecule has 72 valence electrons. The van der Waals surface area contributed by atoms with Crippen LogP contribution in [0, 0.1) is 0 Å². The van der Waals surface area contributed by atoms with E-state index in [4.69, 9.17) is 0 Å². The zero-order valence-electron chi connectivity index (χ0n) is 7.89.